The van der Waals surface area contributed by atoms with Gasteiger partial charge in [0.05, 0.1) is 13.4 Å². The number of rotatable bonds is 7. The maximum Gasteiger partial charge on any atom is 0.118 e. The highest BCUT2D eigenvalue weighted by molar-refractivity contribution is 5.27. The van der Waals surface area contributed by atoms with Gasteiger partial charge in [-0.25, -0.2) is 4.98 Å². The van der Waals surface area contributed by atoms with E-state index in [1.165, 1.54) is 5.56 Å². The highest BCUT2D eigenvalue weighted by Crippen LogP contribution is 2.15. The number of aliphatic hydroxyl groups is 1. The Kier molecular flexibility index (Phi) is 4.98. The Morgan fingerprint density at radius 2 is 2.11 bits per heavy atom. The van der Waals surface area contributed by atoms with Gasteiger partial charge in [-0.1, -0.05) is 12.1 Å². The summed E-state index contributed by atoms with van der Waals surface area (Å²) in [6, 6.07) is 8.09. The van der Waals surface area contributed by atoms with Crippen LogP contribution in [0.3, 0.4) is 0 Å². The second-order valence-electron chi connectivity index (χ2n) is 4.69. The van der Waals surface area contributed by atoms with Crippen LogP contribution < -0.4 is 4.74 Å². The van der Waals surface area contributed by atoms with Gasteiger partial charge in [-0.15, -0.1) is 0 Å². The second kappa shape index (κ2) is 6.95. The zero-order valence-corrected chi connectivity index (χ0v) is 11.2. The molecule has 1 unspecified atom stereocenters. The van der Waals surface area contributed by atoms with E-state index in [4.69, 9.17) is 4.74 Å². The molecule has 2 rings (SSSR count). The summed E-state index contributed by atoms with van der Waals surface area (Å²) in [7, 11) is 1.67. The van der Waals surface area contributed by atoms with Crippen molar-refractivity contribution in [1.82, 2.24) is 9.55 Å². The van der Waals surface area contributed by atoms with E-state index in [2.05, 4.69) is 17.1 Å². The molecule has 2 aromatic rings. The van der Waals surface area contributed by atoms with Gasteiger partial charge in [-0.05, 0) is 30.5 Å². The van der Waals surface area contributed by atoms with E-state index in [9.17, 15) is 5.11 Å². The van der Waals surface area contributed by atoms with Gasteiger partial charge in [0.2, 0.25) is 0 Å². The Labute approximate surface area is 113 Å². The summed E-state index contributed by atoms with van der Waals surface area (Å²) >= 11 is 0. The zero-order chi connectivity index (χ0) is 13.5. The monoisotopic (exact) mass is 260 g/mol. The van der Waals surface area contributed by atoms with Crippen molar-refractivity contribution in [3.8, 4) is 5.75 Å². The third-order valence-electron chi connectivity index (χ3n) is 3.29. The number of methoxy groups -OCH3 is 1. The molecule has 0 radical (unpaired) electrons. The molecule has 1 heterocycles. The van der Waals surface area contributed by atoms with Crippen molar-refractivity contribution in [3.63, 3.8) is 0 Å². The van der Waals surface area contributed by atoms with Crippen molar-refractivity contribution in [1.29, 1.82) is 0 Å². The Morgan fingerprint density at radius 3 is 2.68 bits per heavy atom. The first-order chi connectivity index (χ1) is 9.31. The lowest BCUT2D eigenvalue weighted by molar-refractivity contribution is 0.203. The first-order valence-electron chi connectivity index (χ1n) is 6.51. The normalized spacial score (nSPS) is 12.3. The molecule has 1 aromatic carbocycles. The van der Waals surface area contributed by atoms with Crippen molar-refractivity contribution in [3.05, 3.63) is 48.5 Å². The molecule has 1 N–H and O–H groups in total. The number of aromatic nitrogens is 2. The van der Waals surface area contributed by atoms with E-state index in [1.54, 1.807) is 19.6 Å². The van der Waals surface area contributed by atoms with E-state index >= 15 is 0 Å². The van der Waals surface area contributed by atoms with Gasteiger partial charge in [0.25, 0.3) is 0 Å². The summed E-state index contributed by atoms with van der Waals surface area (Å²) in [6.45, 7) is 1.01. The number of hydrogen-bond acceptors (Lipinski definition) is 3. The summed E-state index contributed by atoms with van der Waals surface area (Å²) in [5, 5.41) is 9.43. The number of aryl methyl sites for hydroxylation is 1. The standard InChI is InChI=1S/C15H20N2O2/c1-19-15-6-4-13(5-7-15)2-3-14(11-18)10-17-9-8-16-12-17/h4-9,12,14,18H,2-3,10-11H2,1H3. The van der Waals surface area contributed by atoms with Gasteiger partial charge in [-0.3, -0.25) is 0 Å². The average molecular weight is 260 g/mol. The van der Waals surface area contributed by atoms with Crippen LogP contribution in [-0.4, -0.2) is 28.4 Å². The molecule has 0 spiro atoms. The van der Waals surface area contributed by atoms with Crippen LogP contribution in [0.2, 0.25) is 0 Å². The summed E-state index contributed by atoms with van der Waals surface area (Å²) in [5.74, 6) is 1.14. The molecule has 4 heteroatoms. The fourth-order valence-electron chi connectivity index (χ4n) is 2.10. The smallest absolute Gasteiger partial charge is 0.118 e. The van der Waals surface area contributed by atoms with Gasteiger partial charge >= 0.3 is 0 Å². The van der Waals surface area contributed by atoms with Crippen molar-refractivity contribution >= 4 is 0 Å². The largest absolute Gasteiger partial charge is 0.497 e. The van der Waals surface area contributed by atoms with Crippen LogP contribution in [0.5, 0.6) is 5.75 Å². The van der Waals surface area contributed by atoms with Crippen LogP contribution in [0.15, 0.2) is 43.0 Å². The lowest BCUT2D eigenvalue weighted by Gasteiger charge is -2.14. The Hall–Kier alpha value is -1.81. The molecule has 0 aliphatic rings. The lowest BCUT2D eigenvalue weighted by Crippen LogP contribution is -2.14. The van der Waals surface area contributed by atoms with E-state index in [0.29, 0.717) is 0 Å². The summed E-state index contributed by atoms with van der Waals surface area (Å²) < 4.78 is 7.14. The predicted molar refractivity (Wildman–Crippen MR) is 74.1 cm³/mol. The van der Waals surface area contributed by atoms with Crippen LogP contribution in [0.25, 0.3) is 0 Å². The minimum atomic E-state index is 0.203. The second-order valence-corrected chi connectivity index (χ2v) is 4.69. The molecular weight excluding hydrogens is 240 g/mol. The highest BCUT2D eigenvalue weighted by Gasteiger charge is 2.08. The molecule has 1 atom stereocenters. The number of ether oxygens (including phenoxy) is 1. The lowest BCUT2D eigenvalue weighted by atomic mass is 10.00. The Bertz CT molecular complexity index is 465. The van der Waals surface area contributed by atoms with Crippen LogP contribution in [0, 0.1) is 5.92 Å². The molecule has 0 bridgehead atoms. The number of nitrogens with zero attached hydrogens (tertiary/aromatic N) is 2. The average Bonchev–Trinajstić information content (AvgIpc) is 2.97. The topological polar surface area (TPSA) is 47.3 Å². The van der Waals surface area contributed by atoms with Gasteiger partial charge in [0, 0.05) is 31.5 Å². The molecule has 0 saturated carbocycles. The van der Waals surface area contributed by atoms with Crippen molar-refractivity contribution in [2.75, 3.05) is 13.7 Å². The number of imidazole rings is 1. The van der Waals surface area contributed by atoms with E-state index in [-0.39, 0.29) is 12.5 Å². The fourth-order valence-corrected chi connectivity index (χ4v) is 2.10. The third-order valence-corrected chi connectivity index (χ3v) is 3.29. The van der Waals surface area contributed by atoms with Gasteiger partial charge in [0.15, 0.2) is 0 Å². The predicted octanol–water partition coefficient (Wildman–Crippen LogP) is 2.13. The number of aliphatic hydroxyl groups excluding tert-OH is 1. The Balaban J connectivity index is 1.84. The molecule has 19 heavy (non-hydrogen) atoms. The van der Waals surface area contributed by atoms with Crippen molar-refractivity contribution in [2.24, 2.45) is 5.92 Å². The first kappa shape index (κ1) is 13.6. The van der Waals surface area contributed by atoms with Gasteiger partial charge < -0.3 is 14.4 Å². The van der Waals surface area contributed by atoms with Crippen LogP contribution in [0.4, 0.5) is 0 Å². The first-order valence-corrected chi connectivity index (χ1v) is 6.51. The quantitative estimate of drug-likeness (QED) is 0.829. The van der Waals surface area contributed by atoms with E-state index in [0.717, 1.165) is 25.1 Å². The third kappa shape index (κ3) is 4.10. The van der Waals surface area contributed by atoms with Crippen LogP contribution in [-0.2, 0) is 13.0 Å². The minimum absolute atomic E-state index is 0.203. The van der Waals surface area contributed by atoms with Gasteiger partial charge in [0.1, 0.15) is 5.75 Å². The molecule has 0 aliphatic carbocycles. The summed E-state index contributed by atoms with van der Waals surface area (Å²) in [6.07, 6.45) is 7.40. The molecule has 1 aromatic heterocycles. The van der Waals surface area contributed by atoms with Gasteiger partial charge in [-0.2, -0.15) is 0 Å². The molecule has 0 aliphatic heterocycles. The number of benzene rings is 1. The molecule has 0 fully saturated rings. The van der Waals surface area contributed by atoms with E-state index < -0.39 is 0 Å². The summed E-state index contributed by atoms with van der Waals surface area (Å²) in [5.41, 5.74) is 1.27. The van der Waals surface area contributed by atoms with E-state index in [1.807, 2.05) is 22.9 Å². The zero-order valence-electron chi connectivity index (χ0n) is 11.2. The maximum absolute atomic E-state index is 9.43. The molecule has 4 nitrogen and oxygen atoms in total. The molecule has 0 amide bonds. The fraction of sp³-hybridized carbons (Fsp3) is 0.400. The summed E-state index contributed by atoms with van der Waals surface area (Å²) in [4.78, 5) is 4.01. The molecular formula is C15H20N2O2. The number of hydrogen-bond donors (Lipinski definition) is 1. The van der Waals surface area contributed by atoms with Crippen LogP contribution in [0.1, 0.15) is 12.0 Å². The van der Waals surface area contributed by atoms with Crippen molar-refractivity contribution < 1.29 is 9.84 Å². The molecule has 0 saturated heterocycles. The Morgan fingerprint density at radius 1 is 1.32 bits per heavy atom. The minimum Gasteiger partial charge on any atom is -0.497 e. The highest BCUT2D eigenvalue weighted by atomic mass is 16.5. The maximum atomic E-state index is 9.43. The van der Waals surface area contributed by atoms with Crippen LogP contribution >= 0.6 is 0 Å². The SMILES string of the molecule is COc1ccc(CCC(CO)Cn2ccnc2)cc1. The molecule has 102 valence electrons. The van der Waals surface area contributed by atoms with Crippen molar-refractivity contribution in [2.45, 2.75) is 19.4 Å².